The fraction of sp³-hybridized carbons (Fsp3) is 0.417. The highest BCUT2D eigenvalue weighted by atomic mass is 35.5. The van der Waals surface area contributed by atoms with Crippen LogP contribution in [0.1, 0.15) is 30.3 Å². The van der Waals surface area contributed by atoms with Gasteiger partial charge < -0.3 is 0 Å². The Morgan fingerprint density at radius 3 is 2.95 bits per heavy atom. The third-order valence-corrected chi connectivity index (χ3v) is 4.43. The molecule has 0 aliphatic heterocycles. The molecule has 0 spiro atoms. The smallest absolute Gasteiger partial charge is 0.164 e. The lowest BCUT2D eigenvalue weighted by Gasteiger charge is -2.04. The molecule has 0 bridgehead atoms. The normalized spacial score (nSPS) is 16.5. The zero-order valence-electron chi connectivity index (χ0n) is 10.2. The molecular weight excluding hydrogens is 284 g/mol. The van der Waals surface area contributed by atoms with E-state index in [2.05, 4.69) is 15.5 Å². The number of hydrogen-bond acceptors (Lipinski definition) is 4. The summed E-state index contributed by atoms with van der Waals surface area (Å²) in [7, 11) is -1.03. The van der Waals surface area contributed by atoms with Gasteiger partial charge in [0.25, 0.3) is 0 Å². The maximum atomic E-state index is 12.1. The van der Waals surface area contributed by atoms with Crippen molar-refractivity contribution in [3.8, 4) is 0 Å². The van der Waals surface area contributed by atoms with E-state index in [1.807, 2.05) is 24.3 Å². The lowest BCUT2D eigenvalue weighted by atomic mass is 10.2. The molecule has 1 aromatic heterocycles. The quantitative estimate of drug-likeness (QED) is 0.848. The van der Waals surface area contributed by atoms with Crippen LogP contribution in [0.5, 0.6) is 0 Å². The van der Waals surface area contributed by atoms with Crippen molar-refractivity contribution in [3.05, 3.63) is 40.7 Å². The first-order chi connectivity index (χ1) is 9.22. The minimum absolute atomic E-state index is 0.385. The Bertz CT molecular complexity index is 611. The molecule has 1 atom stereocenters. The van der Waals surface area contributed by atoms with E-state index in [1.54, 1.807) is 4.68 Å². The molecule has 1 saturated carbocycles. The minimum Gasteiger partial charge on any atom is -0.259 e. The molecule has 7 heteroatoms. The van der Waals surface area contributed by atoms with Gasteiger partial charge in [-0.1, -0.05) is 23.7 Å². The molecule has 1 fully saturated rings. The summed E-state index contributed by atoms with van der Waals surface area (Å²) in [6.45, 7) is 0. The van der Waals surface area contributed by atoms with Crippen LogP contribution in [-0.4, -0.2) is 24.4 Å². The fourth-order valence-corrected chi connectivity index (χ4v) is 3.26. The van der Waals surface area contributed by atoms with Crippen molar-refractivity contribution in [1.82, 2.24) is 20.2 Å². The second-order valence-corrected chi connectivity index (χ2v) is 6.52. The molecule has 0 amide bonds. The fourth-order valence-electron chi connectivity index (χ4n) is 1.92. The van der Waals surface area contributed by atoms with Crippen LogP contribution >= 0.6 is 11.6 Å². The van der Waals surface area contributed by atoms with Crippen LogP contribution in [-0.2, 0) is 22.3 Å². The number of tetrazole rings is 1. The molecule has 1 aromatic carbocycles. The highest BCUT2D eigenvalue weighted by Gasteiger charge is 2.28. The maximum absolute atomic E-state index is 12.1. The summed E-state index contributed by atoms with van der Waals surface area (Å²) in [5, 5.41) is 12.2. The number of benzene rings is 1. The van der Waals surface area contributed by atoms with Gasteiger partial charge in [0.05, 0.1) is 11.8 Å². The molecular formula is C12H13ClN4OS. The van der Waals surface area contributed by atoms with Crippen LogP contribution in [0.25, 0.3) is 0 Å². The van der Waals surface area contributed by atoms with Crippen LogP contribution in [0.4, 0.5) is 0 Å². The first kappa shape index (κ1) is 12.7. The van der Waals surface area contributed by atoms with E-state index in [4.69, 9.17) is 11.6 Å². The third-order valence-electron chi connectivity index (χ3n) is 2.96. The van der Waals surface area contributed by atoms with Crippen LogP contribution in [0.2, 0.25) is 5.02 Å². The second kappa shape index (κ2) is 5.38. The summed E-state index contributed by atoms with van der Waals surface area (Å²) in [5.41, 5.74) is 0.969. The van der Waals surface area contributed by atoms with Gasteiger partial charge in [-0.2, -0.15) is 0 Å². The van der Waals surface area contributed by atoms with E-state index in [-0.39, 0.29) is 0 Å². The van der Waals surface area contributed by atoms with Gasteiger partial charge in [-0.05, 0) is 41.0 Å². The van der Waals surface area contributed by atoms with E-state index >= 15 is 0 Å². The SMILES string of the molecule is O=[S@](Cc1cccc(Cl)c1)Cc1nnnn1C1CC1. The summed E-state index contributed by atoms with van der Waals surface area (Å²) in [5.74, 6) is 1.57. The van der Waals surface area contributed by atoms with Gasteiger partial charge in [0.15, 0.2) is 5.82 Å². The zero-order valence-corrected chi connectivity index (χ0v) is 11.8. The highest BCUT2D eigenvalue weighted by molar-refractivity contribution is 7.83. The Morgan fingerprint density at radius 1 is 1.37 bits per heavy atom. The Balaban J connectivity index is 1.66. The molecule has 5 nitrogen and oxygen atoms in total. The van der Waals surface area contributed by atoms with Gasteiger partial charge in [-0.25, -0.2) is 4.68 Å². The summed E-state index contributed by atoms with van der Waals surface area (Å²) in [6, 6.07) is 7.84. The van der Waals surface area contributed by atoms with Crippen molar-refractivity contribution < 1.29 is 4.21 Å². The van der Waals surface area contributed by atoms with Gasteiger partial charge in [0.2, 0.25) is 0 Å². The molecule has 1 aliphatic carbocycles. The Hall–Kier alpha value is -1.27. The van der Waals surface area contributed by atoms with Crippen LogP contribution < -0.4 is 0 Å². The summed E-state index contributed by atoms with van der Waals surface area (Å²) in [4.78, 5) is 0. The first-order valence-electron chi connectivity index (χ1n) is 6.08. The van der Waals surface area contributed by atoms with E-state index in [9.17, 15) is 4.21 Å². The van der Waals surface area contributed by atoms with Crippen molar-refractivity contribution in [2.75, 3.05) is 0 Å². The van der Waals surface area contributed by atoms with Crippen LogP contribution in [0.3, 0.4) is 0 Å². The Morgan fingerprint density at radius 2 is 2.21 bits per heavy atom. The van der Waals surface area contributed by atoms with Crippen molar-refractivity contribution in [2.45, 2.75) is 30.4 Å². The van der Waals surface area contributed by atoms with Gasteiger partial charge in [-0.15, -0.1) is 5.10 Å². The van der Waals surface area contributed by atoms with Gasteiger partial charge >= 0.3 is 0 Å². The molecule has 0 N–H and O–H groups in total. The van der Waals surface area contributed by atoms with Crippen molar-refractivity contribution >= 4 is 22.4 Å². The standard InChI is InChI=1S/C12H13ClN4OS/c13-10-3-1-2-9(6-10)7-19(18)8-12-14-15-16-17(12)11-4-5-11/h1-3,6,11H,4-5,7-8H2/t19-/m1/s1. The lowest BCUT2D eigenvalue weighted by molar-refractivity contribution is 0.591. The average Bonchev–Trinajstić information content (AvgIpc) is 3.10. The molecule has 2 aromatic rings. The largest absolute Gasteiger partial charge is 0.259 e. The zero-order chi connectivity index (χ0) is 13.2. The highest BCUT2D eigenvalue weighted by Crippen LogP contribution is 2.34. The summed E-state index contributed by atoms with van der Waals surface area (Å²) in [6.07, 6.45) is 2.22. The number of halogens is 1. The number of aromatic nitrogens is 4. The lowest BCUT2D eigenvalue weighted by Crippen LogP contribution is -2.08. The molecule has 1 aliphatic rings. The predicted molar refractivity (Wildman–Crippen MR) is 73.1 cm³/mol. The predicted octanol–water partition coefficient (Wildman–Crippen LogP) is 2.11. The minimum atomic E-state index is -1.03. The van der Waals surface area contributed by atoms with E-state index in [0.29, 0.717) is 28.4 Å². The first-order valence-corrected chi connectivity index (χ1v) is 7.95. The van der Waals surface area contributed by atoms with E-state index in [1.165, 1.54) is 0 Å². The second-order valence-electron chi connectivity index (χ2n) is 4.63. The topological polar surface area (TPSA) is 60.7 Å². The van der Waals surface area contributed by atoms with Crippen LogP contribution in [0, 0.1) is 0 Å². The molecule has 0 unspecified atom stereocenters. The summed E-state index contributed by atoms with van der Waals surface area (Å²) < 4.78 is 13.9. The van der Waals surface area contributed by atoms with Gasteiger partial charge in [0.1, 0.15) is 0 Å². The maximum Gasteiger partial charge on any atom is 0.164 e. The third kappa shape index (κ3) is 3.19. The van der Waals surface area contributed by atoms with Crippen LogP contribution in [0.15, 0.2) is 24.3 Å². The number of rotatable bonds is 5. The molecule has 0 saturated heterocycles. The Labute approximate surface area is 118 Å². The van der Waals surface area contributed by atoms with Crippen molar-refractivity contribution in [1.29, 1.82) is 0 Å². The molecule has 100 valence electrons. The van der Waals surface area contributed by atoms with Crippen molar-refractivity contribution in [2.24, 2.45) is 0 Å². The number of hydrogen-bond donors (Lipinski definition) is 0. The molecule has 1 heterocycles. The van der Waals surface area contributed by atoms with Gasteiger partial charge in [-0.3, -0.25) is 4.21 Å². The van der Waals surface area contributed by atoms with E-state index < -0.39 is 10.8 Å². The molecule has 0 radical (unpaired) electrons. The van der Waals surface area contributed by atoms with Gasteiger partial charge in [0, 0.05) is 21.6 Å². The molecule has 3 rings (SSSR count). The monoisotopic (exact) mass is 296 g/mol. The summed E-state index contributed by atoms with van der Waals surface area (Å²) >= 11 is 5.91. The number of nitrogens with zero attached hydrogens (tertiary/aromatic N) is 4. The molecule has 19 heavy (non-hydrogen) atoms. The Kier molecular flexibility index (Phi) is 3.61. The average molecular weight is 297 g/mol. The van der Waals surface area contributed by atoms with E-state index in [0.717, 1.165) is 18.4 Å². The van der Waals surface area contributed by atoms with Crippen molar-refractivity contribution in [3.63, 3.8) is 0 Å².